The van der Waals surface area contributed by atoms with E-state index in [1.807, 2.05) is 0 Å². The van der Waals surface area contributed by atoms with Crippen LogP contribution in [0.15, 0.2) is 15.5 Å². The Bertz CT molecular complexity index is 267. The number of aromatic amines is 1. The molecule has 0 atom stereocenters. The number of nitrogens with zero attached hydrogens (tertiary/aromatic N) is 7. The zero-order valence-corrected chi connectivity index (χ0v) is 4.63. The molecule has 0 fully saturated rings. The number of hydrogen-bond donors (Lipinski definition) is 1. The van der Waals surface area contributed by atoms with E-state index in [-0.39, 0.29) is 0 Å². The van der Waals surface area contributed by atoms with Gasteiger partial charge in [-0.05, 0) is 20.9 Å². The predicted octanol–water partition coefficient (Wildman–Crippen LogP) is -1.15. The monoisotopic (exact) mass is 137 g/mol. The molecule has 0 unspecified atom stereocenters. The maximum Gasteiger partial charge on any atom is 0.245 e. The van der Waals surface area contributed by atoms with Crippen LogP contribution in [-0.2, 0) is 0 Å². The molecule has 10 heavy (non-hydrogen) atoms. The molecule has 8 heteroatoms. The molecule has 1 aliphatic rings. The first kappa shape index (κ1) is 4.97. The highest BCUT2D eigenvalue weighted by atomic mass is 15.6. The Kier molecular flexibility index (Phi) is 0.907. The highest BCUT2D eigenvalue weighted by Gasteiger charge is 2.12. The van der Waals surface area contributed by atoms with Gasteiger partial charge in [0.1, 0.15) is 0 Å². The normalized spacial score (nSPS) is 15.0. The number of H-pyrrole nitrogens is 1. The standard InChI is InChI=1S/C2HN8/c3-1(4-8-7-3)2-5-9-10-6-2/h(H,3,4,7,8). The third kappa shape index (κ3) is 0.623. The minimum atomic E-state index is 0.296. The van der Waals surface area contributed by atoms with Gasteiger partial charge in [0.2, 0.25) is 11.7 Å². The zero-order chi connectivity index (χ0) is 6.81. The van der Waals surface area contributed by atoms with E-state index in [9.17, 15) is 0 Å². The molecule has 0 amide bonds. The number of tetrazole rings is 1. The maximum atomic E-state index is 3.54. The van der Waals surface area contributed by atoms with Crippen molar-refractivity contribution in [2.45, 2.75) is 0 Å². The van der Waals surface area contributed by atoms with E-state index in [1.165, 1.54) is 0 Å². The quantitative estimate of drug-likeness (QED) is 0.527. The summed E-state index contributed by atoms with van der Waals surface area (Å²) in [4.78, 5) is 0. The zero-order valence-electron chi connectivity index (χ0n) is 4.63. The molecule has 0 bridgehead atoms. The second-order valence-electron chi connectivity index (χ2n) is 1.45. The van der Waals surface area contributed by atoms with Gasteiger partial charge in [0.15, 0.2) is 0 Å². The van der Waals surface area contributed by atoms with Gasteiger partial charge in [-0.25, -0.2) is 5.10 Å². The van der Waals surface area contributed by atoms with Crippen LogP contribution in [0, 0.1) is 0 Å². The largest absolute Gasteiger partial charge is 0.245 e. The van der Waals surface area contributed by atoms with Crippen molar-refractivity contribution in [2.24, 2.45) is 15.5 Å². The fourth-order valence-electron chi connectivity index (χ4n) is 0.493. The van der Waals surface area contributed by atoms with Crippen LogP contribution in [0.2, 0.25) is 0 Å². The molecule has 2 rings (SSSR count). The molecule has 1 aromatic rings. The number of rotatable bonds is 1. The lowest BCUT2D eigenvalue weighted by molar-refractivity contribution is 0.881. The summed E-state index contributed by atoms with van der Waals surface area (Å²) in [5, 5.41) is 22.7. The van der Waals surface area contributed by atoms with Crippen LogP contribution < -0.4 is 5.43 Å². The summed E-state index contributed by atoms with van der Waals surface area (Å²) in [7, 11) is 0. The van der Waals surface area contributed by atoms with Gasteiger partial charge < -0.3 is 0 Å². The highest BCUT2D eigenvalue weighted by molar-refractivity contribution is 5.94. The van der Waals surface area contributed by atoms with Crippen LogP contribution in [0.4, 0.5) is 0 Å². The fourth-order valence-corrected chi connectivity index (χ4v) is 0.493. The molecule has 2 heterocycles. The van der Waals surface area contributed by atoms with Gasteiger partial charge in [0.25, 0.3) is 0 Å². The van der Waals surface area contributed by atoms with Crippen LogP contribution in [-0.4, -0.2) is 26.5 Å². The van der Waals surface area contributed by atoms with Crippen molar-refractivity contribution in [1.82, 2.24) is 26.0 Å². The molecular formula is C2HN8. The van der Waals surface area contributed by atoms with Gasteiger partial charge in [-0.1, -0.05) is 0 Å². The summed E-state index contributed by atoms with van der Waals surface area (Å²) in [6, 6.07) is 0. The summed E-state index contributed by atoms with van der Waals surface area (Å²) in [5.74, 6) is 0.662. The number of hydrogen-bond acceptors (Lipinski definition) is 6. The van der Waals surface area contributed by atoms with Crippen molar-refractivity contribution in [3.05, 3.63) is 5.82 Å². The Labute approximate surface area is 54.4 Å². The van der Waals surface area contributed by atoms with Crippen molar-refractivity contribution in [2.75, 3.05) is 0 Å². The van der Waals surface area contributed by atoms with Crippen LogP contribution in [0.3, 0.4) is 0 Å². The summed E-state index contributed by atoms with van der Waals surface area (Å²) in [6.45, 7) is 0. The molecule has 0 aromatic carbocycles. The van der Waals surface area contributed by atoms with Gasteiger partial charge in [0, 0.05) is 0 Å². The number of nitrogens with one attached hydrogen (secondary N) is 1. The van der Waals surface area contributed by atoms with E-state index in [1.54, 1.807) is 0 Å². The molecule has 1 radical (unpaired) electrons. The smallest absolute Gasteiger partial charge is 0.236 e. The van der Waals surface area contributed by atoms with Crippen molar-refractivity contribution >= 4 is 5.84 Å². The third-order valence-corrected chi connectivity index (χ3v) is 0.876. The second kappa shape index (κ2) is 1.83. The van der Waals surface area contributed by atoms with Gasteiger partial charge in [-0.15, -0.1) is 15.6 Å². The van der Waals surface area contributed by atoms with Crippen molar-refractivity contribution in [3.63, 3.8) is 0 Å². The lowest BCUT2D eigenvalue weighted by Crippen LogP contribution is -2.09. The molecule has 0 spiro atoms. The van der Waals surface area contributed by atoms with Gasteiger partial charge >= 0.3 is 0 Å². The molecule has 1 aromatic heterocycles. The van der Waals surface area contributed by atoms with Gasteiger partial charge in [0.05, 0.1) is 0 Å². The van der Waals surface area contributed by atoms with Crippen molar-refractivity contribution in [3.8, 4) is 0 Å². The molecule has 1 N–H and O–H groups in total. The Balaban J connectivity index is 2.30. The molecule has 1 aliphatic heterocycles. The summed E-state index contributed by atoms with van der Waals surface area (Å²) < 4.78 is 0. The predicted molar refractivity (Wildman–Crippen MR) is 27.7 cm³/mol. The van der Waals surface area contributed by atoms with Gasteiger partial charge in [-0.3, -0.25) is 0 Å². The van der Waals surface area contributed by atoms with E-state index < -0.39 is 0 Å². The van der Waals surface area contributed by atoms with Crippen molar-refractivity contribution < 1.29 is 0 Å². The molecule has 0 saturated heterocycles. The lowest BCUT2D eigenvalue weighted by Gasteiger charge is -1.82. The van der Waals surface area contributed by atoms with E-state index in [0.717, 1.165) is 0 Å². The Morgan fingerprint density at radius 1 is 1.20 bits per heavy atom. The maximum absolute atomic E-state index is 3.54. The summed E-state index contributed by atoms with van der Waals surface area (Å²) in [5.41, 5.74) is 3.51. The number of amidine groups is 1. The minimum Gasteiger partial charge on any atom is -0.236 e. The first-order chi connectivity index (χ1) is 4.97. The van der Waals surface area contributed by atoms with E-state index in [2.05, 4.69) is 41.6 Å². The number of aromatic nitrogens is 4. The topological polar surface area (TPSA) is 106 Å². The van der Waals surface area contributed by atoms with Crippen LogP contribution in [0.5, 0.6) is 0 Å². The Morgan fingerprint density at radius 2 is 2.20 bits per heavy atom. The van der Waals surface area contributed by atoms with E-state index >= 15 is 0 Å². The van der Waals surface area contributed by atoms with E-state index in [4.69, 9.17) is 0 Å². The summed E-state index contributed by atoms with van der Waals surface area (Å²) in [6.07, 6.45) is 0. The average molecular weight is 137 g/mol. The molecular weight excluding hydrogens is 136 g/mol. The lowest BCUT2D eigenvalue weighted by atomic mass is 10.6. The Morgan fingerprint density at radius 3 is 2.80 bits per heavy atom. The average Bonchev–Trinajstić information content (AvgIpc) is 2.59. The van der Waals surface area contributed by atoms with Crippen LogP contribution >= 0.6 is 0 Å². The van der Waals surface area contributed by atoms with Gasteiger partial charge in [-0.2, -0.15) is 0 Å². The van der Waals surface area contributed by atoms with Crippen LogP contribution in [0.1, 0.15) is 5.82 Å². The van der Waals surface area contributed by atoms with Crippen LogP contribution in [0.25, 0.3) is 0 Å². The first-order valence-corrected chi connectivity index (χ1v) is 2.39. The highest BCUT2D eigenvalue weighted by Crippen LogP contribution is 1.95. The Hall–Kier alpha value is -1.86. The second-order valence-corrected chi connectivity index (χ2v) is 1.45. The van der Waals surface area contributed by atoms with Crippen molar-refractivity contribution in [1.29, 1.82) is 0 Å². The molecule has 8 nitrogen and oxygen atoms in total. The SMILES string of the molecule is [N]1N=NN=C1c1nnn[nH]1. The van der Waals surface area contributed by atoms with E-state index in [0.29, 0.717) is 11.7 Å². The molecule has 0 saturated carbocycles. The molecule has 49 valence electrons. The first-order valence-electron chi connectivity index (χ1n) is 2.39. The minimum absolute atomic E-state index is 0.296. The fraction of sp³-hybridized carbons (Fsp3) is 0. The summed E-state index contributed by atoms with van der Waals surface area (Å²) >= 11 is 0. The third-order valence-electron chi connectivity index (χ3n) is 0.876. The molecule has 0 aliphatic carbocycles.